The number of rotatable bonds is 6. The van der Waals surface area contributed by atoms with Gasteiger partial charge >= 0.3 is 0 Å². The van der Waals surface area contributed by atoms with E-state index in [4.69, 9.17) is 5.26 Å². The Morgan fingerprint density at radius 2 is 1.67 bits per heavy atom. The topological polar surface area (TPSA) is 111 Å². The van der Waals surface area contributed by atoms with Crippen LogP contribution in [0.15, 0.2) is 53.4 Å². The van der Waals surface area contributed by atoms with E-state index < -0.39 is 15.9 Å². The first-order chi connectivity index (χ1) is 14.3. The molecule has 3 rings (SSSR count). The number of nitrogens with one attached hydrogen (secondary N) is 1. The average molecular weight is 426 g/mol. The largest absolute Gasteiger partial charge is 0.339 e. The van der Waals surface area contributed by atoms with Gasteiger partial charge in [0.05, 0.1) is 23.1 Å². The quantitative estimate of drug-likeness (QED) is 0.760. The summed E-state index contributed by atoms with van der Waals surface area (Å²) in [5.41, 5.74) is 1.37. The fourth-order valence-corrected chi connectivity index (χ4v) is 4.30. The molecule has 1 N–H and O–H groups in total. The van der Waals surface area contributed by atoms with Crippen LogP contribution in [0.4, 0.5) is 5.69 Å². The third-order valence-electron chi connectivity index (χ3n) is 4.87. The summed E-state index contributed by atoms with van der Waals surface area (Å²) in [5.74, 6) is -0.535. The standard InChI is InChI=1S/C21H22N4O4S/c1-24(30(28,29)19-10-4-16(14-22)5-11-19)15-20(26)23-18-8-6-17(7-9-18)21(27)25-12-2-3-13-25/h4-11H,2-3,12-13,15H2,1H3,(H,23,26). The molecule has 0 bridgehead atoms. The molecule has 2 aromatic rings. The van der Waals surface area contributed by atoms with Crippen LogP contribution in [0.2, 0.25) is 0 Å². The van der Waals surface area contributed by atoms with E-state index in [0.29, 0.717) is 16.8 Å². The maximum absolute atomic E-state index is 12.6. The van der Waals surface area contributed by atoms with E-state index >= 15 is 0 Å². The van der Waals surface area contributed by atoms with Crippen LogP contribution in [0, 0.1) is 11.3 Å². The number of hydrogen-bond acceptors (Lipinski definition) is 5. The highest BCUT2D eigenvalue weighted by molar-refractivity contribution is 7.89. The Morgan fingerprint density at radius 3 is 2.23 bits per heavy atom. The summed E-state index contributed by atoms with van der Waals surface area (Å²) in [5, 5.41) is 11.5. The maximum atomic E-state index is 12.6. The summed E-state index contributed by atoms with van der Waals surface area (Å²) >= 11 is 0. The van der Waals surface area contributed by atoms with Crippen LogP contribution in [0.3, 0.4) is 0 Å². The van der Waals surface area contributed by atoms with Gasteiger partial charge in [-0.1, -0.05) is 0 Å². The van der Waals surface area contributed by atoms with Gasteiger partial charge < -0.3 is 10.2 Å². The smallest absolute Gasteiger partial charge is 0.253 e. The van der Waals surface area contributed by atoms with E-state index in [9.17, 15) is 18.0 Å². The van der Waals surface area contributed by atoms with Crippen molar-refractivity contribution in [2.24, 2.45) is 0 Å². The molecule has 0 radical (unpaired) electrons. The molecule has 2 amide bonds. The van der Waals surface area contributed by atoms with Gasteiger partial charge in [0.1, 0.15) is 0 Å². The number of nitriles is 1. The van der Waals surface area contributed by atoms with Crippen molar-refractivity contribution in [1.29, 1.82) is 5.26 Å². The minimum Gasteiger partial charge on any atom is -0.339 e. The fourth-order valence-electron chi connectivity index (χ4n) is 3.17. The van der Waals surface area contributed by atoms with Crippen molar-refractivity contribution in [3.63, 3.8) is 0 Å². The molecule has 0 atom stereocenters. The second-order valence-electron chi connectivity index (χ2n) is 7.02. The van der Waals surface area contributed by atoms with E-state index in [1.807, 2.05) is 6.07 Å². The molecular weight excluding hydrogens is 404 g/mol. The van der Waals surface area contributed by atoms with Crippen LogP contribution < -0.4 is 5.32 Å². The van der Waals surface area contributed by atoms with Crippen LogP contribution in [0.25, 0.3) is 0 Å². The predicted octanol–water partition coefficient (Wildman–Crippen LogP) is 2.05. The highest BCUT2D eigenvalue weighted by Crippen LogP contribution is 2.17. The first-order valence-electron chi connectivity index (χ1n) is 9.47. The van der Waals surface area contributed by atoms with Gasteiger partial charge in [0.25, 0.3) is 5.91 Å². The minimum absolute atomic E-state index is 0.00146. The van der Waals surface area contributed by atoms with Crippen molar-refractivity contribution >= 4 is 27.5 Å². The van der Waals surface area contributed by atoms with Gasteiger partial charge in [-0.3, -0.25) is 9.59 Å². The van der Waals surface area contributed by atoms with E-state index in [0.717, 1.165) is 30.2 Å². The van der Waals surface area contributed by atoms with Crippen LogP contribution in [-0.2, 0) is 14.8 Å². The van der Waals surface area contributed by atoms with Gasteiger partial charge in [-0.05, 0) is 61.4 Å². The van der Waals surface area contributed by atoms with E-state index in [-0.39, 0.29) is 17.3 Å². The number of likely N-dealkylation sites (tertiary alicyclic amines) is 1. The lowest BCUT2D eigenvalue weighted by atomic mass is 10.2. The number of likely N-dealkylation sites (N-methyl/N-ethyl adjacent to an activating group) is 1. The number of carbonyl (C=O) groups excluding carboxylic acids is 2. The summed E-state index contributed by atoms with van der Waals surface area (Å²) in [6.45, 7) is 1.14. The van der Waals surface area contributed by atoms with Gasteiger partial charge in [0.15, 0.2) is 0 Å². The van der Waals surface area contributed by atoms with Gasteiger partial charge in [0, 0.05) is 31.4 Å². The molecule has 9 heteroatoms. The highest BCUT2D eigenvalue weighted by Gasteiger charge is 2.23. The first-order valence-corrected chi connectivity index (χ1v) is 10.9. The third-order valence-corrected chi connectivity index (χ3v) is 6.68. The molecule has 1 aliphatic heterocycles. The molecule has 0 aromatic heterocycles. The lowest BCUT2D eigenvalue weighted by Gasteiger charge is -2.17. The second kappa shape index (κ2) is 9.07. The third kappa shape index (κ3) is 4.84. The van der Waals surface area contributed by atoms with E-state index in [1.165, 1.54) is 31.3 Å². The SMILES string of the molecule is CN(CC(=O)Nc1ccc(C(=O)N2CCCC2)cc1)S(=O)(=O)c1ccc(C#N)cc1. The Kier molecular flexibility index (Phi) is 6.50. The van der Waals surface area contributed by atoms with E-state index in [2.05, 4.69) is 5.32 Å². The molecule has 0 aliphatic carbocycles. The minimum atomic E-state index is -3.87. The predicted molar refractivity (Wildman–Crippen MR) is 111 cm³/mol. The summed E-state index contributed by atoms with van der Waals surface area (Å²) < 4.78 is 26.1. The Balaban J connectivity index is 1.60. The van der Waals surface area contributed by atoms with Crippen molar-refractivity contribution in [3.8, 4) is 6.07 Å². The lowest BCUT2D eigenvalue weighted by molar-refractivity contribution is -0.116. The molecular formula is C21H22N4O4S. The Labute approximate surface area is 175 Å². The molecule has 0 spiro atoms. The Morgan fingerprint density at radius 1 is 1.07 bits per heavy atom. The molecule has 8 nitrogen and oxygen atoms in total. The Hall–Kier alpha value is -3.22. The van der Waals surface area contributed by atoms with Crippen molar-refractivity contribution in [2.75, 3.05) is 32.0 Å². The Bertz CT molecular complexity index is 1070. The number of sulfonamides is 1. The summed E-state index contributed by atoms with van der Waals surface area (Å²) in [6, 6.07) is 13.9. The lowest BCUT2D eigenvalue weighted by Crippen LogP contribution is -2.35. The van der Waals surface area contributed by atoms with Crippen LogP contribution in [-0.4, -0.2) is 56.1 Å². The summed E-state index contributed by atoms with van der Waals surface area (Å²) in [7, 11) is -2.56. The average Bonchev–Trinajstić information content (AvgIpc) is 3.28. The summed E-state index contributed by atoms with van der Waals surface area (Å²) in [6.07, 6.45) is 2.03. The normalized spacial score (nSPS) is 13.8. The number of hydrogen-bond donors (Lipinski definition) is 1. The fraction of sp³-hybridized carbons (Fsp3) is 0.286. The molecule has 1 heterocycles. The second-order valence-corrected chi connectivity index (χ2v) is 9.07. The zero-order chi connectivity index (χ0) is 21.7. The first kappa shape index (κ1) is 21.5. The van der Waals surface area contributed by atoms with Gasteiger partial charge in [0.2, 0.25) is 15.9 Å². The zero-order valence-electron chi connectivity index (χ0n) is 16.5. The molecule has 156 valence electrons. The number of anilines is 1. The van der Waals surface area contributed by atoms with Crippen LogP contribution in [0.5, 0.6) is 0 Å². The molecule has 1 fully saturated rings. The molecule has 2 aromatic carbocycles. The maximum Gasteiger partial charge on any atom is 0.253 e. The summed E-state index contributed by atoms with van der Waals surface area (Å²) in [4.78, 5) is 26.5. The van der Waals surface area contributed by atoms with Gasteiger partial charge in [-0.15, -0.1) is 0 Å². The van der Waals surface area contributed by atoms with Crippen molar-refractivity contribution in [1.82, 2.24) is 9.21 Å². The number of nitrogens with zero attached hydrogens (tertiary/aromatic N) is 3. The zero-order valence-corrected chi connectivity index (χ0v) is 17.4. The number of carbonyl (C=O) groups is 2. The van der Waals surface area contributed by atoms with Crippen molar-refractivity contribution in [2.45, 2.75) is 17.7 Å². The molecule has 0 unspecified atom stereocenters. The van der Waals surface area contributed by atoms with Crippen molar-refractivity contribution in [3.05, 3.63) is 59.7 Å². The van der Waals surface area contributed by atoms with Crippen molar-refractivity contribution < 1.29 is 18.0 Å². The van der Waals surface area contributed by atoms with Gasteiger partial charge in [-0.2, -0.15) is 9.57 Å². The van der Waals surface area contributed by atoms with E-state index in [1.54, 1.807) is 29.2 Å². The van der Waals surface area contributed by atoms with Crippen LogP contribution >= 0.6 is 0 Å². The molecule has 1 saturated heterocycles. The molecule has 0 saturated carbocycles. The van der Waals surface area contributed by atoms with Crippen LogP contribution in [0.1, 0.15) is 28.8 Å². The highest BCUT2D eigenvalue weighted by atomic mass is 32.2. The monoisotopic (exact) mass is 426 g/mol. The van der Waals surface area contributed by atoms with Gasteiger partial charge in [-0.25, -0.2) is 8.42 Å². The molecule has 30 heavy (non-hydrogen) atoms. The molecule has 1 aliphatic rings. The number of amides is 2. The number of benzene rings is 2.